The number of benzene rings is 2. The number of sulfonamides is 1. The van der Waals surface area contributed by atoms with Gasteiger partial charge in [0.2, 0.25) is 15.6 Å². The lowest BCUT2D eigenvalue weighted by atomic mass is 10.0. The first-order chi connectivity index (χ1) is 15.6. The smallest absolute Gasteiger partial charge is 0.254 e. The van der Waals surface area contributed by atoms with Crippen LogP contribution in [0.25, 0.3) is 10.9 Å². The summed E-state index contributed by atoms with van der Waals surface area (Å²) >= 11 is 0. The van der Waals surface area contributed by atoms with E-state index in [1.807, 2.05) is 31.2 Å². The maximum absolute atomic E-state index is 13.4. The number of rotatable bonds is 8. The van der Waals surface area contributed by atoms with Crippen molar-refractivity contribution >= 4 is 26.8 Å². The second kappa shape index (κ2) is 9.76. The maximum Gasteiger partial charge on any atom is 0.254 e. The molecule has 3 rings (SSSR count). The number of fused-ring (bicyclic) bond motifs is 1. The molecule has 0 fully saturated rings. The standard InChI is InChI=1S/C24H29N3O5S/c1-6-27(7-2)33(30,31)19-12-13-22-20(14-19)21(15-23(28)25-22)24(29)26(4)16(3)17-8-10-18(32-5)11-9-17/h8-16H,6-7H2,1-5H3,(H,25,28). The van der Waals surface area contributed by atoms with Crippen molar-refractivity contribution in [3.05, 3.63) is 70.0 Å². The van der Waals surface area contributed by atoms with E-state index in [0.29, 0.717) is 29.7 Å². The summed E-state index contributed by atoms with van der Waals surface area (Å²) in [6, 6.07) is 12.7. The van der Waals surface area contributed by atoms with Crippen LogP contribution < -0.4 is 10.3 Å². The number of methoxy groups -OCH3 is 1. The lowest BCUT2D eigenvalue weighted by Crippen LogP contribution is -2.31. The van der Waals surface area contributed by atoms with Crippen LogP contribution in [0.1, 0.15) is 42.7 Å². The highest BCUT2D eigenvalue weighted by Crippen LogP contribution is 2.27. The molecule has 9 heteroatoms. The second-order valence-electron chi connectivity index (χ2n) is 7.71. The monoisotopic (exact) mass is 471 g/mol. The van der Waals surface area contributed by atoms with Gasteiger partial charge in [-0.15, -0.1) is 0 Å². The maximum atomic E-state index is 13.4. The van der Waals surface area contributed by atoms with Crippen LogP contribution >= 0.6 is 0 Å². The van der Waals surface area contributed by atoms with Gasteiger partial charge in [0.05, 0.1) is 23.6 Å². The molecule has 176 valence electrons. The molecule has 0 aliphatic heterocycles. The lowest BCUT2D eigenvalue weighted by molar-refractivity contribution is 0.0744. The molecule has 0 aliphatic carbocycles. The quantitative estimate of drug-likeness (QED) is 0.543. The van der Waals surface area contributed by atoms with E-state index in [-0.39, 0.29) is 22.4 Å². The fourth-order valence-electron chi connectivity index (χ4n) is 3.75. The summed E-state index contributed by atoms with van der Waals surface area (Å²) in [5, 5.41) is 0.376. The number of aromatic amines is 1. The predicted octanol–water partition coefficient (Wildman–Crippen LogP) is 3.40. The van der Waals surface area contributed by atoms with Crippen LogP contribution in [0.15, 0.2) is 58.2 Å². The first-order valence-corrected chi connectivity index (χ1v) is 12.2. The minimum Gasteiger partial charge on any atom is -0.497 e. The van der Waals surface area contributed by atoms with Gasteiger partial charge < -0.3 is 14.6 Å². The fourth-order valence-corrected chi connectivity index (χ4v) is 5.24. The first kappa shape index (κ1) is 24.5. The number of nitrogens with one attached hydrogen (secondary N) is 1. The molecule has 0 bridgehead atoms. The molecule has 8 nitrogen and oxygen atoms in total. The molecule has 33 heavy (non-hydrogen) atoms. The molecule has 0 saturated heterocycles. The summed E-state index contributed by atoms with van der Waals surface area (Å²) < 4.78 is 32.6. The van der Waals surface area contributed by atoms with Gasteiger partial charge in [-0.3, -0.25) is 9.59 Å². The number of amides is 1. The summed E-state index contributed by atoms with van der Waals surface area (Å²) in [5.74, 6) is 0.328. The largest absolute Gasteiger partial charge is 0.497 e. The molecular formula is C24H29N3O5S. The van der Waals surface area contributed by atoms with Crippen molar-refractivity contribution in [3.63, 3.8) is 0 Å². The zero-order chi connectivity index (χ0) is 24.3. The number of nitrogens with zero attached hydrogens (tertiary/aromatic N) is 2. The Morgan fingerprint density at radius 2 is 1.70 bits per heavy atom. The van der Waals surface area contributed by atoms with Gasteiger partial charge in [-0.25, -0.2) is 8.42 Å². The topological polar surface area (TPSA) is 99.8 Å². The van der Waals surface area contributed by atoms with Crippen molar-refractivity contribution in [2.45, 2.75) is 31.7 Å². The van der Waals surface area contributed by atoms with Gasteiger partial charge in [-0.2, -0.15) is 4.31 Å². The van der Waals surface area contributed by atoms with Crippen LogP contribution in [0.2, 0.25) is 0 Å². The number of hydrogen-bond acceptors (Lipinski definition) is 5. The van der Waals surface area contributed by atoms with Gasteiger partial charge in [-0.05, 0) is 42.8 Å². The average molecular weight is 472 g/mol. The SMILES string of the molecule is CCN(CC)S(=O)(=O)c1ccc2[nH]c(=O)cc(C(=O)N(C)C(C)c3ccc(OC)cc3)c2c1. The Bertz CT molecular complexity index is 1310. The van der Waals surface area contributed by atoms with Crippen molar-refractivity contribution in [3.8, 4) is 5.75 Å². The second-order valence-corrected chi connectivity index (χ2v) is 9.65. The van der Waals surface area contributed by atoms with Gasteiger partial charge in [0.25, 0.3) is 5.91 Å². The van der Waals surface area contributed by atoms with Crippen LogP contribution in [0.5, 0.6) is 5.75 Å². The third-order valence-corrected chi connectivity index (χ3v) is 7.93. The van der Waals surface area contributed by atoms with Gasteiger partial charge >= 0.3 is 0 Å². The van der Waals surface area contributed by atoms with Crippen LogP contribution in [-0.2, 0) is 10.0 Å². The highest BCUT2D eigenvalue weighted by molar-refractivity contribution is 7.89. The van der Waals surface area contributed by atoms with E-state index in [1.165, 1.54) is 33.5 Å². The Morgan fingerprint density at radius 1 is 1.06 bits per heavy atom. The fraction of sp³-hybridized carbons (Fsp3) is 0.333. The van der Waals surface area contributed by atoms with E-state index in [9.17, 15) is 18.0 Å². The Hall–Kier alpha value is -3.17. The van der Waals surface area contributed by atoms with Crippen LogP contribution in [0.4, 0.5) is 0 Å². The van der Waals surface area contributed by atoms with Gasteiger partial charge in [0.15, 0.2) is 0 Å². The van der Waals surface area contributed by atoms with Crippen molar-refractivity contribution in [2.75, 3.05) is 27.2 Å². The summed E-state index contributed by atoms with van der Waals surface area (Å²) in [4.78, 5) is 30.0. The van der Waals surface area contributed by atoms with Crippen molar-refractivity contribution in [1.29, 1.82) is 0 Å². The van der Waals surface area contributed by atoms with E-state index in [2.05, 4.69) is 4.98 Å². The van der Waals surface area contributed by atoms with E-state index < -0.39 is 15.6 Å². The summed E-state index contributed by atoms with van der Waals surface area (Å²) in [6.45, 7) is 6.08. The first-order valence-electron chi connectivity index (χ1n) is 10.7. The molecule has 3 aromatic rings. The Kier molecular flexibility index (Phi) is 7.24. The molecule has 1 atom stereocenters. The van der Waals surface area contributed by atoms with Crippen LogP contribution in [-0.4, -0.2) is 55.8 Å². The van der Waals surface area contributed by atoms with E-state index >= 15 is 0 Å². The molecule has 1 amide bonds. The van der Waals surface area contributed by atoms with Gasteiger partial charge in [-0.1, -0.05) is 26.0 Å². The lowest BCUT2D eigenvalue weighted by Gasteiger charge is -2.26. The minimum absolute atomic E-state index is 0.0747. The number of aromatic nitrogens is 1. The Morgan fingerprint density at radius 3 is 2.27 bits per heavy atom. The Balaban J connectivity index is 2.07. The van der Waals surface area contributed by atoms with Gasteiger partial charge in [0.1, 0.15) is 5.75 Å². The molecule has 1 heterocycles. The summed E-state index contributed by atoms with van der Waals surface area (Å²) in [5.41, 5.74) is 1.00. The summed E-state index contributed by atoms with van der Waals surface area (Å²) in [7, 11) is -0.489. The molecule has 2 aromatic carbocycles. The number of H-pyrrole nitrogens is 1. The third kappa shape index (κ3) is 4.79. The van der Waals surface area contributed by atoms with E-state index in [0.717, 1.165) is 5.56 Å². The zero-order valence-corrected chi connectivity index (χ0v) is 20.3. The predicted molar refractivity (Wildman–Crippen MR) is 128 cm³/mol. The van der Waals surface area contributed by atoms with E-state index in [4.69, 9.17) is 4.74 Å². The molecule has 0 radical (unpaired) electrons. The minimum atomic E-state index is -3.73. The van der Waals surface area contributed by atoms with E-state index in [1.54, 1.807) is 28.0 Å². The Labute approximate surface area is 193 Å². The van der Waals surface area contributed by atoms with Crippen molar-refractivity contribution in [1.82, 2.24) is 14.2 Å². The molecule has 1 aromatic heterocycles. The molecule has 0 saturated carbocycles. The number of pyridine rings is 1. The zero-order valence-electron chi connectivity index (χ0n) is 19.5. The highest BCUT2D eigenvalue weighted by atomic mass is 32.2. The number of carbonyl (C=O) groups is 1. The van der Waals surface area contributed by atoms with Crippen molar-refractivity contribution in [2.24, 2.45) is 0 Å². The summed E-state index contributed by atoms with van der Waals surface area (Å²) in [6.07, 6.45) is 0. The van der Waals surface area contributed by atoms with Crippen LogP contribution in [0.3, 0.4) is 0 Å². The van der Waals surface area contributed by atoms with Crippen LogP contribution in [0, 0.1) is 0 Å². The molecular weight excluding hydrogens is 442 g/mol. The van der Waals surface area contributed by atoms with Gasteiger partial charge in [0, 0.05) is 37.1 Å². The number of ether oxygens (including phenoxy) is 1. The molecule has 0 aliphatic rings. The number of hydrogen-bond donors (Lipinski definition) is 1. The average Bonchev–Trinajstić information content (AvgIpc) is 2.82. The molecule has 1 N–H and O–H groups in total. The molecule has 1 unspecified atom stereocenters. The number of carbonyl (C=O) groups excluding carboxylic acids is 1. The van der Waals surface area contributed by atoms with Crippen molar-refractivity contribution < 1.29 is 17.9 Å². The highest BCUT2D eigenvalue weighted by Gasteiger charge is 2.25. The third-order valence-electron chi connectivity index (χ3n) is 5.89. The normalized spacial score (nSPS) is 12.7. The molecule has 0 spiro atoms.